The van der Waals surface area contributed by atoms with Gasteiger partial charge in [-0.15, -0.1) is 0 Å². The lowest BCUT2D eigenvalue weighted by Gasteiger charge is -2.46. The summed E-state index contributed by atoms with van der Waals surface area (Å²) in [5.74, 6) is 0.706. The van der Waals surface area contributed by atoms with Gasteiger partial charge in [0, 0.05) is 93.9 Å². The standard InChI is InChI=1S/C42H48F2N12O/c1-2-41(40(57)50-32-4-3-5-32)10-12-54(13-11-41)37-9-6-28(22-47-37)38-39-29(21-45)23-49-56(39)26-35(51-38)30-24-48-55(25-30)33-19-42(44,20-33)27-52-14-16-53(17-15-52)36-8-7-31(46)18-34(36)43/h6-9,18,22-26,32-33H,2-5,10-17,19-20,27,46H2,1H3,(H,50,57). The van der Waals surface area contributed by atoms with Crippen LogP contribution in [0.15, 0.2) is 61.3 Å². The summed E-state index contributed by atoms with van der Waals surface area (Å²) in [6.07, 6.45) is 15.2. The van der Waals surface area contributed by atoms with Crippen LogP contribution < -0.4 is 20.9 Å². The van der Waals surface area contributed by atoms with Crippen LogP contribution in [0.5, 0.6) is 0 Å². The Balaban J connectivity index is 0.858. The zero-order chi connectivity index (χ0) is 39.3. The van der Waals surface area contributed by atoms with E-state index in [-0.39, 0.29) is 23.2 Å². The van der Waals surface area contributed by atoms with Gasteiger partial charge in [0.1, 0.15) is 34.5 Å². The molecule has 5 aromatic rings. The molecule has 0 atom stereocenters. The van der Waals surface area contributed by atoms with E-state index in [0.717, 1.165) is 62.1 Å². The third-order valence-corrected chi connectivity index (χ3v) is 12.9. The number of amides is 1. The zero-order valence-corrected chi connectivity index (χ0v) is 32.2. The van der Waals surface area contributed by atoms with E-state index in [2.05, 4.69) is 38.3 Å². The van der Waals surface area contributed by atoms with Crippen molar-refractivity contribution < 1.29 is 13.6 Å². The van der Waals surface area contributed by atoms with Gasteiger partial charge in [0.05, 0.1) is 47.1 Å². The lowest BCUT2D eigenvalue weighted by molar-refractivity contribution is -0.133. The van der Waals surface area contributed by atoms with Crippen LogP contribution in [0.25, 0.3) is 28.0 Å². The molecule has 1 amide bonds. The van der Waals surface area contributed by atoms with E-state index in [1.54, 1.807) is 35.2 Å². The number of benzene rings is 1. The lowest BCUT2D eigenvalue weighted by Crippen LogP contribution is -2.54. The minimum Gasteiger partial charge on any atom is -0.399 e. The maximum atomic E-state index is 16.0. The van der Waals surface area contributed by atoms with Crippen LogP contribution in [-0.4, -0.2) is 97.7 Å². The number of anilines is 3. The molecule has 9 rings (SSSR count). The van der Waals surface area contributed by atoms with Gasteiger partial charge in [-0.2, -0.15) is 15.5 Å². The highest BCUT2D eigenvalue weighted by Crippen LogP contribution is 2.45. The molecule has 3 N–H and O–H groups in total. The number of alkyl halides is 1. The summed E-state index contributed by atoms with van der Waals surface area (Å²) in [5, 5.41) is 22.3. The summed E-state index contributed by atoms with van der Waals surface area (Å²) in [7, 11) is 0. The molecule has 2 aliphatic carbocycles. The average molecular weight is 775 g/mol. The Morgan fingerprint density at radius 1 is 0.982 bits per heavy atom. The lowest BCUT2D eigenvalue weighted by atomic mass is 9.74. The van der Waals surface area contributed by atoms with E-state index in [0.29, 0.717) is 85.5 Å². The topological polar surface area (TPSA) is 150 Å². The molecule has 0 unspecified atom stereocenters. The first-order valence-corrected chi connectivity index (χ1v) is 20.2. The van der Waals surface area contributed by atoms with Crippen LogP contribution in [-0.2, 0) is 4.79 Å². The van der Waals surface area contributed by atoms with Gasteiger partial charge in [0.15, 0.2) is 0 Å². The third-order valence-electron chi connectivity index (χ3n) is 12.9. The van der Waals surface area contributed by atoms with Crippen LogP contribution in [0.3, 0.4) is 0 Å². The van der Waals surface area contributed by atoms with Gasteiger partial charge in [-0.25, -0.2) is 23.3 Å². The van der Waals surface area contributed by atoms with Crippen molar-refractivity contribution in [3.05, 3.63) is 72.7 Å². The number of nitrogens with zero attached hydrogens (tertiary/aromatic N) is 10. The van der Waals surface area contributed by atoms with Gasteiger partial charge in [0.25, 0.3) is 0 Å². The molecule has 4 aliphatic rings. The summed E-state index contributed by atoms with van der Waals surface area (Å²) in [6, 6.07) is 11.2. The number of fused-ring (bicyclic) bond motifs is 1. The number of carbonyl (C=O) groups excluding carboxylic acids is 1. The molecule has 2 saturated heterocycles. The SMILES string of the molecule is CCC1(C(=O)NC2CCC2)CCN(c2ccc(-c3nc(-c4cnn(C5CC(F)(CN6CCN(c7ccc(N)cc7F)CC6)C5)c4)cn4ncc(C#N)c34)cn2)CC1. The molecule has 4 fully saturated rings. The van der Waals surface area contributed by atoms with Crippen molar-refractivity contribution in [3.63, 3.8) is 0 Å². The van der Waals surface area contributed by atoms with Crippen molar-refractivity contribution in [1.82, 2.24) is 39.6 Å². The van der Waals surface area contributed by atoms with Crippen molar-refractivity contribution in [3.8, 4) is 28.6 Å². The van der Waals surface area contributed by atoms with Crippen LogP contribution >= 0.6 is 0 Å². The Bertz CT molecular complexity index is 2310. The molecule has 0 bridgehead atoms. The minimum absolute atomic E-state index is 0.0850. The number of nitriles is 1. The minimum atomic E-state index is -1.32. The maximum Gasteiger partial charge on any atom is 0.226 e. The predicted molar refractivity (Wildman–Crippen MR) is 214 cm³/mol. The number of hydrogen-bond donors (Lipinski definition) is 2. The van der Waals surface area contributed by atoms with Gasteiger partial charge in [0.2, 0.25) is 5.91 Å². The Morgan fingerprint density at radius 2 is 1.77 bits per heavy atom. The van der Waals surface area contributed by atoms with Crippen LogP contribution in [0.2, 0.25) is 0 Å². The highest BCUT2D eigenvalue weighted by Gasteiger charge is 2.47. The first-order chi connectivity index (χ1) is 27.6. The molecule has 2 saturated carbocycles. The quantitative estimate of drug-likeness (QED) is 0.167. The largest absolute Gasteiger partial charge is 0.399 e. The summed E-state index contributed by atoms with van der Waals surface area (Å²) in [6.45, 7) is 6.49. The Kier molecular flexibility index (Phi) is 9.55. The first-order valence-electron chi connectivity index (χ1n) is 20.2. The number of hydrogen-bond acceptors (Lipinski definition) is 10. The highest BCUT2D eigenvalue weighted by molar-refractivity contribution is 5.84. The molecular formula is C42H48F2N12O. The third kappa shape index (κ3) is 7.04. The fourth-order valence-electron chi connectivity index (χ4n) is 9.04. The molecule has 4 aromatic heterocycles. The Morgan fingerprint density at radius 3 is 2.44 bits per heavy atom. The van der Waals surface area contributed by atoms with Crippen molar-refractivity contribution in [2.24, 2.45) is 5.41 Å². The number of rotatable bonds is 10. The molecule has 0 radical (unpaired) electrons. The fourth-order valence-corrected chi connectivity index (χ4v) is 9.04. The zero-order valence-electron chi connectivity index (χ0n) is 32.2. The van der Waals surface area contributed by atoms with Crippen molar-refractivity contribution in [2.75, 3.05) is 61.3 Å². The van der Waals surface area contributed by atoms with Gasteiger partial charge >= 0.3 is 0 Å². The summed E-state index contributed by atoms with van der Waals surface area (Å²) >= 11 is 0. The Labute approximate surface area is 330 Å². The molecular weight excluding hydrogens is 727 g/mol. The number of piperazine rings is 1. The molecule has 1 aromatic carbocycles. The molecule has 296 valence electrons. The van der Waals surface area contributed by atoms with E-state index in [4.69, 9.17) is 15.7 Å². The average Bonchev–Trinajstić information content (AvgIpc) is 3.86. The number of nitrogen functional groups attached to an aromatic ring is 1. The molecule has 6 heterocycles. The number of nitrogens with one attached hydrogen (secondary N) is 1. The molecule has 15 heteroatoms. The van der Waals surface area contributed by atoms with Gasteiger partial charge in [-0.1, -0.05) is 6.92 Å². The van der Waals surface area contributed by atoms with Gasteiger partial charge in [-0.05, 0) is 68.9 Å². The normalized spacial score (nSPS) is 22.5. The summed E-state index contributed by atoms with van der Waals surface area (Å²) < 4.78 is 33.9. The fraction of sp³-hybridized carbons (Fsp3) is 0.476. The number of aromatic nitrogens is 6. The summed E-state index contributed by atoms with van der Waals surface area (Å²) in [4.78, 5) is 29.5. The second-order valence-electron chi connectivity index (χ2n) is 16.5. The van der Waals surface area contributed by atoms with Crippen LogP contribution in [0.4, 0.5) is 26.0 Å². The van der Waals surface area contributed by atoms with E-state index >= 15 is 4.39 Å². The monoisotopic (exact) mass is 774 g/mol. The second kappa shape index (κ2) is 14.7. The number of carbonyl (C=O) groups is 1. The highest BCUT2D eigenvalue weighted by atomic mass is 19.1. The van der Waals surface area contributed by atoms with Gasteiger partial charge < -0.3 is 20.9 Å². The van der Waals surface area contributed by atoms with Crippen molar-refractivity contribution >= 4 is 28.6 Å². The van der Waals surface area contributed by atoms with E-state index in [9.17, 15) is 14.4 Å². The van der Waals surface area contributed by atoms with Crippen molar-refractivity contribution in [1.29, 1.82) is 5.26 Å². The molecule has 57 heavy (non-hydrogen) atoms. The molecule has 0 spiro atoms. The Hall–Kier alpha value is -5.62. The number of pyridine rings is 1. The van der Waals surface area contributed by atoms with Crippen molar-refractivity contribution in [2.45, 2.75) is 76.0 Å². The molecule has 13 nitrogen and oxygen atoms in total. The number of halogens is 2. The van der Waals surface area contributed by atoms with E-state index in [1.165, 1.54) is 18.7 Å². The molecule has 2 aliphatic heterocycles. The predicted octanol–water partition coefficient (Wildman–Crippen LogP) is 5.78. The number of nitrogens with two attached hydrogens (primary N) is 1. The van der Waals surface area contributed by atoms with Crippen LogP contribution in [0, 0.1) is 22.6 Å². The summed E-state index contributed by atoms with van der Waals surface area (Å²) in [5.41, 5.74) is 8.68. The smallest absolute Gasteiger partial charge is 0.226 e. The van der Waals surface area contributed by atoms with E-state index in [1.807, 2.05) is 27.9 Å². The van der Waals surface area contributed by atoms with Crippen LogP contribution in [0.1, 0.15) is 69.9 Å². The maximum absolute atomic E-state index is 16.0. The van der Waals surface area contributed by atoms with Gasteiger partial charge in [-0.3, -0.25) is 14.4 Å². The van der Waals surface area contributed by atoms with E-state index < -0.39 is 5.67 Å². The second-order valence-corrected chi connectivity index (χ2v) is 16.5. The number of piperidine rings is 1. The first kappa shape index (κ1) is 37.0.